The van der Waals surface area contributed by atoms with Gasteiger partial charge in [0, 0.05) is 17.5 Å². The number of aryl methyl sites for hydroxylation is 1. The topological polar surface area (TPSA) is 73.6 Å². The number of aromatic nitrogens is 1. The molecule has 5 heteroatoms. The number of aliphatic hydroxyl groups excluding tert-OH is 3. The fraction of sp³-hybridized carbons (Fsp3) is 0.676. The van der Waals surface area contributed by atoms with Crippen molar-refractivity contribution in [1.82, 2.24) is 4.98 Å². The summed E-state index contributed by atoms with van der Waals surface area (Å²) in [5.41, 5.74) is 3.39. The van der Waals surface area contributed by atoms with Gasteiger partial charge in [0.1, 0.15) is 5.01 Å². The van der Waals surface area contributed by atoms with Crippen LogP contribution in [0.5, 0.6) is 0 Å². The largest absolute Gasteiger partial charge is 0.393 e. The Kier molecular flexibility index (Phi) is 8.74. The molecule has 0 amide bonds. The lowest BCUT2D eigenvalue weighted by Crippen LogP contribution is -2.35. The number of nitrogens with zero attached hydrogens (tertiary/aromatic N) is 1. The predicted octanol–water partition coefficient (Wildman–Crippen LogP) is 7.21. The van der Waals surface area contributed by atoms with Gasteiger partial charge in [-0.1, -0.05) is 63.6 Å². The van der Waals surface area contributed by atoms with Gasteiger partial charge >= 0.3 is 0 Å². The molecule has 0 aromatic carbocycles. The molecule has 4 aliphatic rings. The maximum absolute atomic E-state index is 11.3. The summed E-state index contributed by atoms with van der Waals surface area (Å²) in [6.07, 6.45) is 21.8. The van der Waals surface area contributed by atoms with E-state index in [0.717, 1.165) is 41.8 Å². The lowest BCUT2D eigenvalue weighted by molar-refractivity contribution is 0.0862. The minimum Gasteiger partial charge on any atom is -0.393 e. The van der Waals surface area contributed by atoms with Gasteiger partial charge in [0.05, 0.1) is 23.7 Å². The highest BCUT2D eigenvalue weighted by Gasteiger charge is 2.53. The first kappa shape index (κ1) is 29.0. The Morgan fingerprint density at radius 1 is 1.18 bits per heavy atom. The summed E-state index contributed by atoms with van der Waals surface area (Å²) in [6.45, 7) is 11.2. The van der Waals surface area contributed by atoms with Crippen LogP contribution < -0.4 is 0 Å². The van der Waals surface area contributed by atoms with Gasteiger partial charge in [-0.05, 0) is 98.5 Å². The molecule has 1 aromatic rings. The number of rotatable bonds is 9. The van der Waals surface area contributed by atoms with Crippen molar-refractivity contribution in [3.05, 3.63) is 63.7 Å². The van der Waals surface area contributed by atoms with E-state index in [0.29, 0.717) is 30.6 Å². The number of hydrogen-bond donors (Lipinski definition) is 3. The molecular formula is C34H49NO3S. The molecule has 3 N–H and O–H groups in total. The molecule has 0 bridgehead atoms. The van der Waals surface area contributed by atoms with E-state index >= 15 is 0 Å². The molecular weight excluding hydrogens is 502 g/mol. The molecule has 0 unspecified atom stereocenters. The second-order valence-electron chi connectivity index (χ2n) is 13.2. The first-order chi connectivity index (χ1) is 18.7. The second kappa shape index (κ2) is 11.8. The minimum atomic E-state index is -0.637. The average molecular weight is 552 g/mol. The second-order valence-corrected chi connectivity index (χ2v) is 14.4. The summed E-state index contributed by atoms with van der Waals surface area (Å²) in [7, 11) is 0. The number of unbranched alkanes of at least 4 members (excludes halogenated alkanes) is 1. The molecule has 4 nitrogen and oxygen atoms in total. The van der Waals surface area contributed by atoms with Gasteiger partial charge in [-0.15, -0.1) is 11.3 Å². The fourth-order valence-electron chi connectivity index (χ4n) is 7.98. The van der Waals surface area contributed by atoms with E-state index in [1.807, 2.05) is 17.5 Å². The van der Waals surface area contributed by atoms with Crippen molar-refractivity contribution in [2.24, 2.45) is 23.2 Å². The van der Waals surface area contributed by atoms with Crippen LogP contribution in [0.3, 0.4) is 0 Å². The SMILES string of the molecule is C=C1C(=CC=C2CCC[C@]3(C)[C@@H]([C@@H](C)C=C[C@@H](O)C4(c5ncc(CCCC)s5)CC4)CC[C@@H]23)C[C@@H](O)C[C@@H]1O. The Labute approximate surface area is 239 Å². The van der Waals surface area contributed by atoms with Crippen LogP contribution in [0.4, 0.5) is 0 Å². The molecule has 0 aliphatic heterocycles. The summed E-state index contributed by atoms with van der Waals surface area (Å²) in [6, 6.07) is 0. The van der Waals surface area contributed by atoms with E-state index in [-0.39, 0.29) is 10.8 Å². The molecule has 0 radical (unpaired) electrons. The number of fused-ring (bicyclic) bond motifs is 1. The third kappa shape index (κ3) is 5.80. The highest BCUT2D eigenvalue weighted by molar-refractivity contribution is 7.11. The van der Waals surface area contributed by atoms with Crippen molar-refractivity contribution < 1.29 is 15.3 Å². The van der Waals surface area contributed by atoms with Crippen molar-refractivity contribution >= 4 is 11.3 Å². The normalized spacial score (nSPS) is 36.0. The Morgan fingerprint density at radius 2 is 1.97 bits per heavy atom. The van der Waals surface area contributed by atoms with Crippen LogP contribution in [0.15, 0.2) is 53.8 Å². The molecule has 0 saturated heterocycles. The van der Waals surface area contributed by atoms with Gasteiger partial charge in [-0.25, -0.2) is 4.98 Å². The van der Waals surface area contributed by atoms with Gasteiger partial charge in [-0.2, -0.15) is 0 Å². The molecule has 214 valence electrons. The lowest BCUT2D eigenvalue weighted by atomic mass is 9.61. The standard InChI is InChI=1S/C34H49NO3S/c1-5-6-9-27-21-35-32(39-27)34(17-18-34)31(38)15-10-22(2)28-13-14-29-24(8-7-16-33(28,29)4)11-12-25-19-26(36)20-30(37)23(25)3/h10-12,15,21-22,26,28-31,36-38H,3,5-9,13-14,16-20H2,1-2,4H3/t22-,26+,28+,29-,30-,31+,33+/m0/s1. The third-order valence-electron chi connectivity index (χ3n) is 10.6. The van der Waals surface area contributed by atoms with Crippen molar-refractivity contribution in [2.45, 2.75) is 122 Å². The highest BCUT2D eigenvalue weighted by atomic mass is 32.1. The quantitative estimate of drug-likeness (QED) is 0.284. The first-order valence-corrected chi connectivity index (χ1v) is 16.3. The molecule has 39 heavy (non-hydrogen) atoms. The van der Waals surface area contributed by atoms with E-state index < -0.39 is 18.3 Å². The Morgan fingerprint density at radius 3 is 2.72 bits per heavy atom. The van der Waals surface area contributed by atoms with Crippen molar-refractivity contribution in [3.63, 3.8) is 0 Å². The van der Waals surface area contributed by atoms with Gasteiger partial charge in [0.15, 0.2) is 0 Å². The number of thiazole rings is 1. The summed E-state index contributed by atoms with van der Waals surface area (Å²) in [5, 5.41) is 32.8. The number of allylic oxidation sites excluding steroid dienone is 4. The molecule has 4 saturated carbocycles. The zero-order chi connectivity index (χ0) is 27.8. The van der Waals surface area contributed by atoms with Gasteiger partial charge in [0.2, 0.25) is 0 Å². The Balaban J connectivity index is 1.26. The van der Waals surface area contributed by atoms with Gasteiger partial charge in [-0.3, -0.25) is 0 Å². The van der Waals surface area contributed by atoms with Crippen molar-refractivity contribution in [1.29, 1.82) is 0 Å². The van der Waals surface area contributed by atoms with E-state index in [2.05, 4.69) is 51.7 Å². The van der Waals surface area contributed by atoms with Gasteiger partial charge < -0.3 is 15.3 Å². The van der Waals surface area contributed by atoms with Crippen LogP contribution >= 0.6 is 11.3 Å². The maximum Gasteiger partial charge on any atom is 0.102 e. The maximum atomic E-state index is 11.3. The summed E-state index contributed by atoms with van der Waals surface area (Å²) < 4.78 is 0. The van der Waals surface area contributed by atoms with Crippen LogP contribution in [0.1, 0.15) is 101 Å². The molecule has 1 heterocycles. The van der Waals surface area contributed by atoms with Crippen molar-refractivity contribution in [3.8, 4) is 0 Å². The average Bonchev–Trinajstić information content (AvgIpc) is 3.44. The molecule has 1 aromatic heterocycles. The van der Waals surface area contributed by atoms with Crippen LogP contribution in [0.25, 0.3) is 0 Å². The molecule has 5 rings (SSSR count). The smallest absolute Gasteiger partial charge is 0.102 e. The summed E-state index contributed by atoms with van der Waals surface area (Å²) >= 11 is 1.81. The zero-order valence-electron chi connectivity index (χ0n) is 24.2. The third-order valence-corrected chi connectivity index (χ3v) is 11.9. The number of hydrogen-bond acceptors (Lipinski definition) is 5. The van der Waals surface area contributed by atoms with E-state index in [9.17, 15) is 15.3 Å². The van der Waals surface area contributed by atoms with Crippen LogP contribution in [0.2, 0.25) is 0 Å². The van der Waals surface area contributed by atoms with Gasteiger partial charge in [0.25, 0.3) is 0 Å². The zero-order valence-corrected chi connectivity index (χ0v) is 25.1. The van der Waals surface area contributed by atoms with E-state index in [1.165, 1.54) is 49.0 Å². The Hall–Kier alpha value is -1.53. The monoisotopic (exact) mass is 551 g/mol. The highest BCUT2D eigenvalue weighted by Crippen LogP contribution is 2.60. The molecule has 4 fully saturated rings. The first-order valence-electron chi connectivity index (χ1n) is 15.4. The summed E-state index contributed by atoms with van der Waals surface area (Å²) in [4.78, 5) is 6.10. The Bertz CT molecular complexity index is 1130. The fourth-order valence-corrected chi connectivity index (χ4v) is 9.22. The number of aliphatic hydroxyl groups is 3. The van der Waals surface area contributed by atoms with Crippen LogP contribution in [0, 0.1) is 23.2 Å². The molecule has 7 atom stereocenters. The molecule has 4 aliphatic carbocycles. The van der Waals surface area contributed by atoms with Crippen LogP contribution in [-0.2, 0) is 11.8 Å². The van der Waals surface area contributed by atoms with E-state index in [4.69, 9.17) is 4.98 Å². The van der Waals surface area contributed by atoms with E-state index in [1.54, 1.807) is 0 Å². The minimum absolute atomic E-state index is 0.161. The molecule has 0 spiro atoms. The van der Waals surface area contributed by atoms with Crippen LogP contribution in [-0.4, -0.2) is 38.6 Å². The summed E-state index contributed by atoms with van der Waals surface area (Å²) in [5.74, 6) is 1.60. The van der Waals surface area contributed by atoms with Crippen molar-refractivity contribution in [2.75, 3.05) is 0 Å². The lowest BCUT2D eigenvalue weighted by Gasteiger charge is -2.44. The predicted molar refractivity (Wildman–Crippen MR) is 161 cm³/mol.